The number of aromatic nitrogens is 3. The normalized spacial score (nSPS) is 18.9. The van der Waals surface area contributed by atoms with Crippen molar-refractivity contribution in [3.05, 3.63) is 47.8 Å². The van der Waals surface area contributed by atoms with E-state index in [0.717, 1.165) is 6.42 Å². The summed E-state index contributed by atoms with van der Waals surface area (Å²) in [6.07, 6.45) is 3.07. The molecule has 0 aliphatic carbocycles. The second kappa shape index (κ2) is 6.08. The third-order valence-corrected chi connectivity index (χ3v) is 7.16. The molecular formula is C15H14N4O3S2. The summed E-state index contributed by atoms with van der Waals surface area (Å²) >= 11 is 1.21. The molecule has 1 aliphatic rings. The van der Waals surface area contributed by atoms with E-state index in [9.17, 15) is 8.42 Å². The van der Waals surface area contributed by atoms with Crippen LogP contribution in [0.2, 0.25) is 0 Å². The third-order valence-electron chi connectivity index (χ3n) is 3.88. The monoisotopic (exact) mass is 362 g/mol. The molecule has 0 radical (unpaired) electrons. The molecule has 1 atom stereocenters. The van der Waals surface area contributed by atoms with E-state index in [-0.39, 0.29) is 0 Å². The lowest BCUT2D eigenvalue weighted by Gasteiger charge is -2.20. The number of hydrogen-bond acceptors (Lipinski definition) is 7. The molecule has 124 valence electrons. The average Bonchev–Trinajstić information content (AvgIpc) is 3.35. The first-order chi connectivity index (χ1) is 11.7. The van der Waals surface area contributed by atoms with Gasteiger partial charge in [-0.15, -0.1) is 11.3 Å². The zero-order valence-corrected chi connectivity index (χ0v) is 14.2. The molecule has 7 nitrogen and oxygen atoms in total. The van der Waals surface area contributed by atoms with E-state index in [0.29, 0.717) is 34.6 Å². The predicted octanol–water partition coefficient (Wildman–Crippen LogP) is 2.72. The van der Waals surface area contributed by atoms with Crippen LogP contribution in [0.5, 0.6) is 0 Å². The summed E-state index contributed by atoms with van der Waals surface area (Å²) in [5.74, 6) is 0.680. The maximum atomic E-state index is 12.8. The summed E-state index contributed by atoms with van der Waals surface area (Å²) in [5, 5.41) is 5.70. The number of nitrogens with zero attached hydrogens (tertiary/aromatic N) is 4. The van der Waals surface area contributed by atoms with Gasteiger partial charge in [-0.2, -0.15) is 9.29 Å². The smallest absolute Gasteiger partial charge is 0.253 e. The summed E-state index contributed by atoms with van der Waals surface area (Å²) in [7, 11) is -3.54. The fraction of sp³-hybridized carbons (Fsp3) is 0.267. The molecular weight excluding hydrogens is 348 g/mol. The quantitative estimate of drug-likeness (QED) is 0.709. The zero-order chi connectivity index (χ0) is 16.6. The number of hydrogen-bond donors (Lipinski definition) is 0. The molecule has 3 aromatic heterocycles. The first-order valence-corrected chi connectivity index (χ1v) is 9.78. The molecule has 4 heterocycles. The van der Waals surface area contributed by atoms with Gasteiger partial charge in [-0.05, 0) is 36.4 Å². The largest absolute Gasteiger partial charge is 0.337 e. The van der Waals surface area contributed by atoms with Crippen molar-refractivity contribution in [1.82, 2.24) is 19.4 Å². The maximum absolute atomic E-state index is 12.8. The molecule has 1 saturated heterocycles. The maximum Gasteiger partial charge on any atom is 0.253 e. The molecule has 0 spiro atoms. The van der Waals surface area contributed by atoms with E-state index in [1.54, 1.807) is 35.8 Å². The summed E-state index contributed by atoms with van der Waals surface area (Å²) in [4.78, 5) is 8.55. The van der Waals surface area contributed by atoms with Gasteiger partial charge in [0.05, 0.1) is 0 Å². The van der Waals surface area contributed by atoms with Gasteiger partial charge in [0.2, 0.25) is 11.7 Å². The molecule has 0 unspecified atom stereocenters. The minimum Gasteiger partial charge on any atom is -0.337 e. The molecule has 0 saturated carbocycles. The van der Waals surface area contributed by atoms with Gasteiger partial charge >= 0.3 is 0 Å². The zero-order valence-electron chi connectivity index (χ0n) is 12.6. The van der Waals surface area contributed by atoms with E-state index in [1.807, 2.05) is 6.07 Å². The van der Waals surface area contributed by atoms with Crippen LogP contribution in [0, 0.1) is 0 Å². The van der Waals surface area contributed by atoms with Crippen LogP contribution in [0.1, 0.15) is 24.8 Å². The van der Waals surface area contributed by atoms with Crippen molar-refractivity contribution in [3.8, 4) is 11.5 Å². The summed E-state index contributed by atoms with van der Waals surface area (Å²) < 4.78 is 32.7. The Hall–Kier alpha value is -2.10. The van der Waals surface area contributed by atoms with Crippen LogP contribution in [0.15, 0.2) is 50.6 Å². The second-order valence-electron chi connectivity index (χ2n) is 5.38. The Morgan fingerprint density at radius 3 is 2.92 bits per heavy atom. The molecule has 0 aromatic carbocycles. The minimum atomic E-state index is -3.54. The van der Waals surface area contributed by atoms with Gasteiger partial charge in [0, 0.05) is 12.7 Å². The minimum absolute atomic E-state index is 0.313. The lowest BCUT2D eigenvalue weighted by Crippen LogP contribution is -2.30. The van der Waals surface area contributed by atoms with Crippen molar-refractivity contribution >= 4 is 21.4 Å². The number of thiophene rings is 1. The highest BCUT2D eigenvalue weighted by atomic mass is 32.2. The van der Waals surface area contributed by atoms with E-state index < -0.39 is 16.1 Å². The molecule has 0 N–H and O–H groups in total. The van der Waals surface area contributed by atoms with Crippen molar-refractivity contribution in [3.63, 3.8) is 0 Å². The summed E-state index contributed by atoms with van der Waals surface area (Å²) in [6.45, 7) is 0.451. The molecule has 9 heteroatoms. The highest BCUT2D eigenvalue weighted by Crippen LogP contribution is 2.37. The molecule has 0 amide bonds. The van der Waals surface area contributed by atoms with Gasteiger partial charge in [0.1, 0.15) is 15.9 Å². The Labute approximate surface area is 143 Å². The molecule has 0 bridgehead atoms. The van der Waals surface area contributed by atoms with Gasteiger partial charge < -0.3 is 4.52 Å². The van der Waals surface area contributed by atoms with Crippen LogP contribution in [0.3, 0.4) is 0 Å². The Morgan fingerprint density at radius 2 is 2.17 bits per heavy atom. The molecule has 1 fully saturated rings. The number of sulfonamides is 1. The highest BCUT2D eigenvalue weighted by molar-refractivity contribution is 7.91. The fourth-order valence-electron chi connectivity index (χ4n) is 2.77. The van der Waals surface area contributed by atoms with Crippen molar-refractivity contribution in [2.45, 2.75) is 23.1 Å². The standard InChI is InChI=1S/C15H14N4O3S2/c20-24(21,13-7-4-10-23-13)19-9-3-6-12(19)15-17-14(18-22-15)11-5-1-2-8-16-11/h1-2,4-5,7-8,10,12H,3,6,9H2/t12-/m0/s1. The van der Waals surface area contributed by atoms with E-state index >= 15 is 0 Å². The Bertz CT molecular complexity index is 923. The van der Waals surface area contributed by atoms with E-state index in [1.165, 1.54) is 15.6 Å². The molecule has 24 heavy (non-hydrogen) atoms. The van der Waals surface area contributed by atoms with Crippen LogP contribution >= 0.6 is 11.3 Å². The number of pyridine rings is 1. The lowest BCUT2D eigenvalue weighted by molar-refractivity contribution is 0.291. The van der Waals surface area contributed by atoms with Gasteiger partial charge in [-0.1, -0.05) is 17.3 Å². The SMILES string of the molecule is O=S(=O)(c1cccs1)N1CCC[C@H]1c1nc(-c2ccccn2)no1. The van der Waals surface area contributed by atoms with Crippen molar-refractivity contribution < 1.29 is 12.9 Å². The van der Waals surface area contributed by atoms with Crippen LogP contribution < -0.4 is 0 Å². The third kappa shape index (κ3) is 2.64. The summed E-state index contributed by atoms with van der Waals surface area (Å²) in [6, 6.07) is 8.33. The topological polar surface area (TPSA) is 89.2 Å². The molecule has 4 rings (SSSR count). The second-order valence-corrected chi connectivity index (χ2v) is 8.44. The van der Waals surface area contributed by atoms with Crippen LogP contribution in [-0.4, -0.2) is 34.4 Å². The van der Waals surface area contributed by atoms with E-state index in [4.69, 9.17) is 4.52 Å². The first kappa shape index (κ1) is 15.4. The van der Waals surface area contributed by atoms with Crippen molar-refractivity contribution in [1.29, 1.82) is 0 Å². The van der Waals surface area contributed by atoms with Gasteiger partial charge in [-0.3, -0.25) is 4.98 Å². The average molecular weight is 362 g/mol. The molecule has 3 aromatic rings. The van der Waals surface area contributed by atoms with E-state index in [2.05, 4.69) is 15.1 Å². The van der Waals surface area contributed by atoms with Crippen molar-refractivity contribution in [2.75, 3.05) is 6.54 Å². The molecule has 1 aliphatic heterocycles. The Morgan fingerprint density at radius 1 is 1.25 bits per heavy atom. The predicted molar refractivity (Wildman–Crippen MR) is 87.7 cm³/mol. The Balaban J connectivity index is 1.66. The Kier molecular flexibility index (Phi) is 3.91. The van der Waals surface area contributed by atoms with Crippen LogP contribution in [0.4, 0.5) is 0 Å². The fourth-order valence-corrected chi connectivity index (χ4v) is 5.54. The van der Waals surface area contributed by atoms with Gasteiger partial charge in [-0.25, -0.2) is 8.42 Å². The van der Waals surface area contributed by atoms with Crippen LogP contribution in [-0.2, 0) is 10.0 Å². The summed E-state index contributed by atoms with van der Waals surface area (Å²) in [5.41, 5.74) is 0.596. The highest BCUT2D eigenvalue weighted by Gasteiger charge is 2.39. The van der Waals surface area contributed by atoms with Gasteiger partial charge in [0.25, 0.3) is 10.0 Å². The number of rotatable bonds is 4. The van der Waals surface area contributed by atoms with Crippen LogP contribution in [0.25, 0.3) is 11.5 Å². The van der Waals surface area contributed by atoms with Crippen molar-refractivity contribution in [2.24, 2.45) is 0 Å². The lowest BCUT2D eigenvalue weighted by atomic mass is 10.2. The van der Waals surface area contributed by atoms with Gasteiger partial charge in [0.15, 0.2) is 0 Å². The first-order valence-electron chi connectivity index (χ1n) is 7.46.